The molecule has 1 rings (SSSR count). The van der Waals surface area contributed by atoms with E-state index in [1.54, 1.807) is 0 Å². The summed E-state index contributed by atoms with van der Waals surface area (Å²) < 4.78 is 0. The highest BCUT2D eigenvalue weighted by Gasteiger charge is 1.93. The Labute approximate surface area is 43.5 Å². The summed E-state index contributed by atoms with van der Waals surface area (Å²) in [6.07, 6.45) is 1.04. The maximum Gasteiger partial charge on any atom is -0.0333 e. The van der Waals surface area contributed by atoms with Crippen LogP contribution < -0.4 is 5.32 Å². The zero-order valence-corrected chi connectivity index (χ0v) is 4.26. The van der Waals surface area contributed by atoms with E-state index < -0.39 is 0 Å². The molecule has 34 valence electrons. The Morgan fingerprint density at radius 3 is 2.83 bits per heavy atom. The maximum atomic E-state index is 4.04. The first kappa shape index (κ1) is 4.47. The van der Waals surface area contributed by atoms with Crippen molar-refractivity contribution in [2.24, 2.45) is 0 Å². The zero-order valence-electron chi connectivity index (χ0n) is 3.36. The summed E-state index contributed by atoms with van der Waals surface area (Å²) in [5, 5.41) is 3.95. The molecule has 0 bridgehead atoms. The van der Waals surface area contributed by atoms with E-state index in [0.717, 1.165) is 18.2 Å². The van der Waals surface area contributed by atoms with Gasteiger partial charge >= 0.3 is 0 Å². The van der Waals surface area contributed by atoms with Crippen LogP contribution in [0.25, 0.3) is 0 Å². The normalized spacial score (nSPS) is 25.5. The highest BCUT2D eigenvalue weighted by Crippen LogP contribution is 2.16. The van der Waals surface area contributed by atoms with E-state index in [1.165, 1.54) is 0 Å². The monoisotopic (exact) mass is 100 g/mol. The first-order valence-electron chi connectivity index (χ1n) is 1.93. The van der Waals surface area contributed by atoms with Gasteiger partial charge in [0.15, 0.2) is 0 Å². The Kier molecular flexibility index (Phi) is 1.37. The minimum absolute atomic E-state index is 1.01. The van der Waals surface area contributed by atoms with Crippen LogP contribution in [0, 0.1) is 11.8 Å². The lowest BCUT2D eigenvalue weighted by atomic mass is 10.4. The summed E-state index contributed by atoms with van der Waals surface area (Å²) in [5.74, 6) is 0. The second kappa shape index (κ2) is 1.85. The molecule has 1 nitrogen and oxygen atoms in total. The highest BCUT2D eigenvalue weighted by molar-refractivity contribution is 7.83. The molecule has 0 saturated carbocycles. The first-order valence-corrected chi connectivity index (χ1v) is 2.38. The molecular formula is C4H6NS-. The average Bonchev–Trinajstić information content (AvgIpc) is 1.86. The third-order valence-electron chi connectivity index (χ3n) is 0.719. The van der Waals surface area contributed by atoms with Gasteiger partial charge in [0.25, 0.3) is 0 Å². The number of thiol groups is 1. The second-order valence-electron chi connectivity index (χ2n) is 1.25. The van der Waals surface area contributed by atoms with Crippen molar-refractivity contribution >= 4 is 12.6 Å². The van der Waals surface area contributed by atoms with Gasteiger partial charge < -0.3 is 17.9 Å². The zero-order chi connectivity index (χ0) is 4.41. The summed E-state index contributed by atoms with van der Waals surface area (Å²) in [7, 11) is 0. The molecule has 0 aromatic rings. The van der Waals surface area contributed by atoms with E-state index in [-0.39, 0.29) is 0 Å². The molecular weight excluding hydrogens is 94.1 g/mol. The van der Waals surface area contributed by atoms with Gasteiger partial charge in [-0.2, -0.15) is 6.42 Å². The lowest BCUT2D eigenvalue weighted by Crippen LogP contribution is -1.98. The molecule has 0 amide bonds. The molecule has 0 aromatic carbocycles. The van der Waals surface area contributed by atoms with Crippen LogP contribution in [-0.2, 0) is 0 Å². The quantitative estimate of drug-likeness (QED) is 0.333. The van der Waals surface area contributed by atoms with Crippen LogP contribution in [0.2, 0.25) is 0 Å². The van der Waals surface area contributed by atoms with Crippen LogP contribution in [-0.4, -0.2) is 6.54 Å². The van der Waals surface area contributed by atoms with Gasteiger partial charge in [-0.05, 0) is 6.54 Å². The van der Waals surface area contributed by atoms with Gasteiger partial charge in [-0.3, -0.25) is 0 Å². The Morgan fingerprint density at radius 1 is 1.83 bits per heavy atom. The summed E-state index contributed by atoms with van der Waals surface area (Å²) in [4.78, 5) is 0. The fourth-order valence-electron chi connectivity index (χ4n) is 0.408. The summed E-state index contributed by atoms with van der Waals surface area (Å²) in [6, 6.07) is 0. The Bertz CT molecular complexity index is 40.8. The summed E-state index contributed by atoms with van der Waals surface area (Å²) >= 11 is 4.04. The van der Waals surface area contributed by atoms with Crippen molar-refractivity contribution in [3.8, 4) is 0 Å². The molecule has 0 spiro atoms. The van der Waals surface area contributed by atoms with E-state index in [0.29, 0.717) is 0 Å². The van der Waals surface area contributed by atoms with Crippen molar-refractivity contribution in [1.82, 2.24) is 5.32 Å². The number of hydrogen-bond acceptors (Lipinski definition) is 2. The number of rotatable bonds is 0. The van der Waals surface area contributed by atoms with Crippen LogP contribution in [0.3, 0.4) is 0 Å². The number of nitrogens with one attached hydrogen (secondary N) is 1. The summed E-state index contributed by atoms with van der Waals surface area (Å²) in [5.41, 5.74) is 0. The fourth-order valence-corrected chi connectivity index (χ4v) is 0.599. The van der Waals surface area contributed by atoms with Gasteiger partial charge in [0.05, 0.1) is 0 Å². The molecule has 0 aliphatic carbocycles. The van der Waals surface area contributed by atoms with Gasteiger partial charge in [-0.15, -0.1) is 6.54 Å². The van der Waals surface area contributed by atoms with Crippen molar-refractivity contribution in [2.75, 3.05) is 6.54 Å². The third-order valence-corrected chi connectivity index (χ3v) is 1.05. The van der Waals surface area contributed by atoms with E-state index >= 15 is 0 Å². The smallest absolute Gasteiger partial charge is 0.0333 e. The molecule has 1 aliphatic heterocycles. The molecule has 2 radical (unpaired) electrons. The predicted octanol–water partition coefficient (Wildman–Crippen LogP) is 0.480. The molecule has 0 unspecified atom stereocenters. The Morgan fingerprint density at radius 2 is 2.67 bits per heavy atom. The van der Waals surface area contributed by atoms with Gasteiger partial charge in [-0.25, -0.2) is 5.25 Å². The molecule has 1 N–H and O–H groups in total. The minimum atomic E-state index is 1.01. The van der Waals surface area contributed by atoms with Crippen LogP contribution in [0.15, 0.2) is 0 Å². The van der Waals surface area contributed by atoms with Crippen molar-refractivity contribution < 1.29 is 0 Å². The van der Waals surface area contributed by atoms with Gasteiger partial charge in [-0.1, -0.05) is 0 Å². The van der Waals surface area contributed by atoms with Crippen LogP contribution in [0.4, 0.5) is 0 Å². The summed E-state index contributed by atoms with van der Waals surface area (Å²) in [6.45, 7) is 3.86. The van der Waals surface area contributed by atoms with Crippen molar-refractivity contribution in [2.45, 2.75) is 6.42 Å². The van der Waals surface area contributed by atoms with Crippen LogP contribution in [0.1, 0.15) is 6.42 Å². The van der Waals surface area contributed by atoms with Crippen molar-refractivity contribution in [1.29, 1.82) is 0 Å². The van der Waals surface area contributed by atoms with E-state index in [4.69, 9.17) is 0 Å². The van der Waals surface area contributed by atoms with Crippen LogP contribution >= 0.6 is 12.6 Å². The Balaban J connectivity index is 2.18. The molecule has 0 atom stereocenters. The lowest BCUT2D eigenvalue weighted by Gasteiger charge is -2.08. The second-order valence-corrected chi connectivity index (χ2v) is 1.79. The molecule has 6 heavy (non-hydrogen) atoms. The van der Waals surface area contributed by atoms with E-state index in [1.807, 2.05) is 0 Å². The molecule has 1 heterocycles. The maximum absolute atomic E-state index is 4.04. The Hall–Kier alpha value is 0.310. The SMILES string of the molecule is S[C-]1[C]NCC1. The van der Waals surface area contributed by atoms with Gasteiger partial charge in [0.1, 0.15) is 0 Å². The standard InChI is InChI=1S/C4H6NS/c6-4-1-2-5-3-4/h5-6H,1-2H2/q-1. The lowest BCUT2D eigenvalue weighted by molar-refractivity contribution is 0.911. The topological polar surface area (TPSA) is 12.0 Å². The predicted molar refractivity (Wildman–Crippen MR) is 28.1 cm³/mol. The minimum Gasteiger partial charge on any atom is -0.364 e. The molecule has 0 aromatic heterocycles. The van der Waals surface area contributed by atoms with Gasteiger partial charge in [0, 0.05) is 0 Å². The molecule has 1 fully saturated rings. The van der Waals surface area contributed by atoms with Crippen molar-refractivity contribution in [3.63, 3.8) is 0 Å². The highest BCUT2D eigenvalue weighted by atomic mass is 32.1. The molecule has 1 saturated heterocycles. The first-order chi connectivity index (χ1) is 2.89. The molecule has 2 heteroatoms. The van der Waals surface area contributed by atoms with Crippen molar-refractivity contribution in [3.05, 3.63) is 11.8 Å². The van der Waals surface area contributed by atoms with E-state index in [9.17, 15) is 0 Å². The average molecular weight is 100 g/mol. The van der Waals surface area contributed by atoms with Crippen LogP contribution in [0.5, 0.6) is 0 Å². The third kappa shape index (κ3) is 0.884. The van der Waals surface area contributed by atoms with Gasteiger partial charge in [0.2, 0.25) is 0 Å². The number of hydrogen-bond donors (Lipinski definition) is 2. The van der Waals surface area contributed by atoms with E-state index in [2.05, 4.69) is 24.5 Å². The largest absolute Gasteiger partial charge is 0.364 e. The molecule has 1 aliphatic rings. The fraction of sp³-hybridized carbons (Fsp3) is 0.500.